The van der Waals surface area contributed by atoms with Gasteiger partial charge in [-0.05, 0) is 50.3 Å². The number of amides is 1. The van der Waals surface area contributed by atoms with Crippen LogP contribution in [-0.4, -0.2) is 18.5 Å². The van der Waals surface area contributed by atoms with Crippen molar-refractivity contribution in [2.75, 3.05) is 6.54 Å². The second-order valence-corrected chi connectivity index (χ2v) is 6.21. The molecule has 0 spiro atoms. The quantitative estimate of drug-likeness (QED) is 0.817. The Balaban J connectivity index is 2.00. The number of hydrogen-bond donors (Lipinski definition) is 2. The minimum Gasteiger partial charge on any atom is -0.349 e. The Bertz CT molecular complexity index is 450. The van der Waals surface area contributed by atoms with E-state index >= 15 is 0 Å². The van der Waals surface area contributed by atoms with E-state index in [-0.39, 0.29) is 11.9 Å². The van der Waals surface area contributed by atoms with Crippen molar-refractivity contribution in [1.29, 1.82) is 0 Å². The first-order chi connectivity index (χ1) is 10.2. The Labute approximate surface area is 128 Å². The van der Waals surface area contributed by atoms with E-state index in [0.717, 1.165) is 17.5 Å². The third kappa shape index (κ3) is 4.57. The second kappa shape index (κ2) is 8.18. The summed E-state index contributed by atoms with van der Waals surface area (Å²) in [4.78, 5) is 12.5. The van der Waals surface area contributed by atoms with Crippen molar-refractivity contribution in [2.45, 2.75) is 57.9 Å². The number of hydrogen-bond acceptors (Lipinski definition) is 2. The molecule has 0 aromatic heterocycles. The van der Waals surface area contributed by atoms with Gasteiger partial charge < -0.3 is 11.1 Å². The number of carbonyl (C=O) groups excluding carboxylic acids is 1. The van der Waals surface area contributed by atoms with Crippen LogP contribution in [0.1, 0.15) is 61.4 Å². The molecule has 3 nitrogen and oxygen atoms in total. The molecule has 1 atom stereocenters. The van der Waals surface area contributed by atoms with E-state index in [1.807, 2.05) is 24.3 Å². The van der Waals surface area contributed by atoms with Crippen molar-refractivity contribution >= 4 is 5.91 Å². The van der Waals surface area contributed by atoms with Gasteiger partial charge in [0, 0.05) is 11.6 Å². The molecule has 1 saturated carbocycles. The van der Waals surface area contributed by atoms with Crippen molar-refractivity contribution < 1.29 is 4.79 Å². The average Bonchev–Trinajstić information content (AvgIpc) is 2.77. The molecule has 1 aromatic rings. The monoisotopic (exact) mass is 288 g/mol. The largest absolute Gasteiger partial charge is 0.349 e. The standard InChI is InChI=1S/C18H28N2O/c1-14(15-8-4-2-3-5-9-15)20-18(21)17-11-7-6-10-16(17)12-13-19/h6-7,10-11,14-15H,2-5,8-9,12-13,19H2,1H3,(H,20,21)/t14-/m0/s1. The van der Waals surface area contributed by atoms with E-state index in [4.69, 9.17) is 5.73 Å². The minimum absolute atomic E-state index is 0.0517. The molecule has 0 heterocycles. The Kier molecular flexibility index (Phi) is 6.24. The maximum absolute atomic E-state index is 12.5. The number of nitrogens with one attached hydrogen (secondary N) is 1. The van der Waals surface area contributed by atoms with Crippen LogP contribution in [-0.2, 0) is 6.42 Å². The summed E-state index contributed by atoms with van der Waals surface area (Å²) >= 11 is 0. The summed E-state index contributed by atoms with van der Waals surface area (Å²) in [5.74, 6) is 0.675. The minimum atomic E-state index is 0.0517. The zero-order chi connectivity index (χ0) is 15.1. The molecule has 0 aliphatic heterocycles. The van der Waals surface area contributed by atoms with E-state index in [0.29, 0.717) is 12.5 Å². The van der Waals surface area contributed by atoms with Gasteiger partial charge in [-0.25, -0.2) is 0 Å². The van der Waals surface area contributed by atoms with Crippen LogP contribution in [0.3, 0.4) is 0 Å². The van der Waals surface area contributed by atoms with Crippen LogP contribution in [0.4, 0.5) is 0 Å². The maximum Gasteiger partial charge on any atom is 0.251 e. The van der Waals surface area contributed by atoms with Gasteiger partial charge >= 0.3 is 0 Å². The van der Waals surface area contributed by atoms with Gasteiger partial charge in [-0.15, -0.1) is 0 Å². The second-order valence-electron chi connectivity index (χ2n) is 6.21. The van der Waals surface area contributed by atoms with Crippen molar-refractivity contribution in [3.05, 3.63) is 35.4 Å². The molecule has 0 radical (unpaired) electrons. The number of rotatable bonds is 5. The van der Waals surface area contributed by atoms with E-state index in [1.54, 1.807) is 0 Å². The molecule has 0 unspecified atom stereocenters. The maximum atomic E-state index is 12.5. The van der Waals surface area contributed by atoms with Gasteiger partial charge in [0.05, 0.1) is 0 Å². The molecule has 2 rings (SSSR count). The fourth-order valence-corrected chi connectivity index (χ4v) is 3.33. The predicted octanol–water partition coefficient (Wildman–Crippen LogP) is 3.28. The summed E-state index contributed by atoms with van der Waals surface area (Å²) in [6.45, 7) is 2.72. The summed E-state index contributed by atoms with van der Waals surface area (Å²) in [6.07, 6.45) is 8.52. The first-order valence-electron chi connectivity index (χ1n) is 8.31. The molecule has 1 amide bonds. The molecule has 1 aliphatic carbocycles. The van der Waals surface area contributed by atoms with Gasteiger partial charge in [0.15, 0.2) is 0 Å². The van der Waals surface area contributed by atoms with Crippen LogP contribution >= 0.6 is 0 Å². The van der Waals surface area contributed by atoms with Gasteiger partial charge in [-0.2, -0.15) is 0 Å². The highest BCUT2D eigenvalue weighted by atomic mass is 16.1. The van der Waals surface area contributed by atoms with Gasteiger partial charge in [-0.3, -0.25) is 4.79 Å². The fraction of sp³-hybridized carbons (Fsp3) is 0.611. The molecule has 0 saturated heterocycles. The number of carbonyl (C=O) groups is 1. The highest BCUT2D eigenvalue weighted by molar-refractivity contribution is 5.95. The summed E-state index contributed by atoms with van der Waals surface area (Å²) in [7, 11) is 0. The predicted molar refractivity (Wildman–Crippen MR) is 87.3 cm³/mol. The van der Waals surface area contributed by atoms with Crippen LogP contribution in [0.5, 0.6) is 0 Å². The van der Waals surface area contributed by atoms with Crippen molar-refractivity contribution in [3.8, 4) is 0 Å². The molecule has 21 heavy (non-hydrogen) atoms. The van der Waals surface area contributed by atoms with E-state index in [9.17, 15) is 4.79 Å². The van der Waals surface area contributed by atoms with Crippen molar-refractivity contribution in [1.82, 2.24) is 5.32 Å². The average molecular weight is 288 g/mol. The van der Waals surface area contributed by atoms with E-state index in [1.165, 1.54) is 38.5 Å². The summed E-state index contributed by atoms with van der Waals surface area (Å²) < 4.78 is 0. The lowest BCUT2D eigenvalue weighted by Gasteiger charge is -2.24. The van der Waals surface area contributed by atoms with Crippen molar-refractivity contribution in [3.63, 3.8) is 0 Å². The van der Waals surface area contributed by atoms with E-state index in [2.05, 4.69) is 12.2 Å². The molecule has 1 fully saturated rings. The van der Waals surface area contributed by atoms with Crippen LogP contribution in [0, 0.1) is 5.92 Å². The van der Waals surface area contributed by atoms with Gasteiger partial charge in [0.25, 0.3) is 5.91 Å². The smallest absolute Gasteiger partial charge is 0.251 e. The number of benzene rings is 1. The highest BCUT2D eigenvalue weighted by Gasteiger charge is 2.21. The van der Waals surface area contributed by atoms with Gasteiger partial charge in [0.1, 0.15) is 0 Å². The fourth-order valence-electron chi connectivity index (χ4n) is 3.33. The van der Waals surface area contributed by atoms with Gasteiger partial charge in [0.2, 0.25) is 0 Å². The van der Waals surface area contributed by atoms with Crippen LogP contribution in [0.2, 0.25) is 0 Å². The number of nitrogens with two attached hydrogens (primary N) is 1. The van der Waals surface area contributed by atoms with Crippen LogP contribution < -0.4 is 11.1 Å². The Hall–Kier alpha value is -1.35. The van der Waals surface area contributed by atoms with E-state index < -0.39 is 0 Å². The first kappa shape index (κ1) is 16.0. The molecule has 116 valence electrons. The Morgan fingerprint density at radius 3 is 2.57 bits per heavy atom. The molecule has 0 bridgehead atoms. The summed E-state index contributed by atoms with van der Waals surface area (Å²) in [5, 5.41) is 3.21. The Morgan fingerprint density at radius 1 is 1.24 bits per heavy atom. The third-order valence-electron chi connectivity index (χ3n) is 4.64. The lowest BCUT2D eigenvalue weighted by atomic mass is 9.92. The van der Waals surface area contributed by atoms with Crippen LogP contribution in [0.25, 0.3) is 0 Å². The topological polar surface area (TPSA) is 55.1 Å². The SMILES string of the molecule is C[C@H](NC(=O)c1ccccc1CCN)C1CCCCCC1. The normalized spacial score (nSPS) is 18.0. The lowest BCUT2D eigenvalue weighted by Crippen LogP contribution is -2.38. The lowest BCUT2D eigenvalue weighted by molar-refractivity contribution is 0.0923. The molecule has 3 N–H and O–H groups in total. The molecule has 3 heteroatoms. The molecule has 1 aromatic carbocycles. The first-order valence-corrected chi connectivity index (χ1v) is 8.31. The van der Waals surface area contributed by atoms with Crippen molar-refractivity contribution in [2.24, 2.45) is 11.7 Å². The summed E-state index contributed by atoms with van der Waals surface area (Å²) in [5.41, 5.74) is 7.46. The molecule has 1 aliphatic rings. The third-order valence-corrected chi connectivity index (χ3v) is 4.64. The molecular formula is C18H28N2O. The zero-order valence-electron chi connectivity index (χ0n) is 13.1. The molecular weight excluding hydrogens is 260 g/mol. The van der Waals surface area contributed by atoms with Crippen LogP contribution in [0.15, 0.2) is 24.3 Å². The zero-order valence-corrected chi connectivity index (χ0v) is 13.1. The van der Waals surface area contributed by atoms with Gasteiger partial charge in [-0.1, -0.05) is 43.9 Å². The Morgan fingerprint density at radius 2 is 1.90 bits per heavy atom. The highest BCUT2D eigenvalue weighted by Crippen LogP contribution is 2.25. The summed E-state index contributed by atoms with van der Waals surface area (Å²) in [6, 6.07) is 8.04.